The Morgan fingerprint density at radius 3 is 2.85 bits per heavy atom. The van der Waals surface area contributed by atoms with Crippen molar-refractivity contribution >= 4 is 11.9 Å². The quantitative estimate of drug-likeness (QED) is 0.363. The molecule has 0 aromatic rings. The van der Waals surface area contributed by atoms with Gasteiger partial charge in [-0.1, -0.05) is 13.3 Å². The molecular weight excluding hydrogens is 172 g/mol. The second-order valence-corrected chi connectivity index (χ2v) is 3.12. The van der Waals surface area contributed by atoms with E-state index in [1.54, 1.807) is 0 Å². The first-order valence-electron chi connectivity index (χ1n) is 4.56. The van der Waals surface area contributed by atoms with E-state index in [1.165, 1.54) is 0 Å². The first-order chi connectivity index (χ1) is 6.24. The van der Waals surface area contributed by atoms with Crippen molar-refractivity contribution in [3.05, 3.63) is 0 Å². The van der Waals surface area contributed by atoms with Crippen LogP contribution in [0.25, 0.3) is 0 Å². The van der Waals surface area contributed by atoms with Crippen molar-refractivity contribution in [2.24, 2.45) is 5.92 Å². The number of hydrogen-bond acceptors (Lipinski definition) is 4. The van der Waals surface area contributed by atoms with Gasteiger partial charge in [-0.15, -0.1) is 0 Å². The summed E-state index contributed by atoms with van der Waals surface area (Å²) in [5, 5.41) is 0. The van der Waals surface area contributed by atoms with Crippen molar-refractivity contribution in [2.45, 2.75) is 26.2 Å². The van der Waals surface area contributed by atoms with Crippen molar-refractivity contribution in [2.75, 3.05) is 13.2 Å². The monoisotopic (exact) mass is 186 g/mol. The van der Waals surface area contributed by atoms with E-state index in [4.69, 9.17) is 4.74 Å². The lowest BCUT2D eigenvalue weighted by atomic mass is 10.1. The maximum atomic E-state index is 10.9. The predicted molar refractivity (Wildman–Crippen MR) is 44.9 cm³/mol. The molecule has 1 atom stereocenters. The Kier molecular flexibility index (Phi) is 3.89. The van der Waals surface area contributed by atoms with E-state index in [0.717, 1.165) is 12.8 Å². The summed E-state index contributed by atoms with van der Waals surface area (Å²) < 4.78 is 9.60. The Morgan fingerprint density at radius 1 is 1.54 bits per heavy atom. The third-order valence-electron chi connectivity index (χ3n) is 1.92. The summed E-state index contributed by atoms with van der Waals surface area (Å²) in [5.74, 6) is -1.25. The Morgan fingerprint density at radius 2 is 2.31 bits per heavy atom. The topological polar surface area (TPSA) is 52.6 Å². The van der Waals surface area contributed by atoms with Gasteiger partial charge in [0.2, 0.25) is 0 Å². The van der Waals surface area contributed by atoms with Gasteiger partial charge in [-0.3, -0.25) is 9.59 Å². The first kappa shape index (κ1) is 10.2. The van der Waals surface area contributed by atoms with Crippen molar-refractivity contribution < 1.29 is 19.1 Å². The van der Waals surface area contributed by atoms with Gasteiger partial charge >= 0.3 is 11.9 Å². The van der Waals surface area contributed by atoms with Gasteiger partial charge in [-0.25, -0.2) is 0 Å². The van der Waals surface area contributed by atoms with Gasteiger partial charge in [0.25, 0.3) is 0 Å². The van der Waals surface area contributed by atoms with Crippen LogP contribution in [0.1, 0.15) is 26.2 Å². The number of cyclic esters (lactones) is 2. The summed E-state index contributed by atoms with van der Waals surface area (Å²) >= 11 is 0. The van der Waals surface area contributed by atoms with E-state index in [9.17, 15) is 9.59 Å². The summed E-state index contributed by atoms with van der Waals surface area (Å²) in [6, 6.07) is 0. The summed E-state index contributed by atoms with van der Waals surface area (Å²) in [6.07, 6.45) is 2.22. The van der Waals surface area contributed by atoms with Crippen LogP contribution in [0.3, 0.4) is 0 Å². The molecular formula is C9H14O4. The van der Waals surface area contributed by atoms with E-state index in [2.05, 4.69) is 11.7 Å². The largest absolute Gasteiger partial charge is 0.393 e. The van der Waals surface area contributed by atoms with E-state index in [0.29, 0.717) is 13.2 Å². The Labute approximate surface area is 77.2 Å². The molecule has 0 N–H and O–H groups in total. The third-order valence-corrected chi connectivity index (χ3v) is 1.92. The number of rotatable bonds is 5. The van der Waals surface area contributed by atoms with Gasteiger partial charge in [-0.05, 0) is 6.42 Å². The molecule has 0 radical (unpaired) electrons. The molecule has 0 spiro atoms. The van der Waals surface area contributed by atoms with Crippen LogP contribution in [0.15, 0.2) is 0 Å². The zero-order chi connectivity index (χ0) is 9.68. The zero-order valence-corrected chi connectivity index (χ0v) is 7.75. The molecule has 1 rings (SSSR count). The van der Waals surface area contributed by atoms with Gasteiger partial charge in [-0.2, -0.15) is 0 Å². The summed E-state index contributed by atoms with van der Waals surface area (Å²) in [6.45, 7) is 3.02. The average Bonchev–Trinajstić information content (AvgIpc) is 2.39. The maximum Gasteiger partial charge on any atom is 0.319 e. The predicted octanol–water partition coefficient (Wildman–Crippen LogP) is 0.893. The van der Waals surface area contributed by atoms with Crippen LogP contribution in [0, 0.1) is 5.92 Å². The Balaban J connectivity index is 2.14. The van der Waals surface area contributed by atoms with Crippen LogP contribution in [0.2, 0.25) is 0 Å². The van der Waals surface area contributed by atoms with Gasteiger partial charge in [0.1, 0.15) is 0 Å². The van der Waals surface area contributed by atoms with E-state index in [-0.39, 0.29) is 12.3 Å². The minimum absolute atomic E-state index is 0.172. The fourth-order valence-corrected chi connectivity index (χ4v) is 1.12. The van der Waals surface area contributed by atoms with E-state index >= 15 is 0 Å². The first-order valence-corrected chi connectivity index (χ1v) is 4.56. The van der Waals surface area contributed by atoms with Crippen molar-refractivity contribution in [3.8, 4) is 0 Å². The van der Waals surface area contributed by atoms with E-state index < -0.39 is 11.9 Å². The molecule has 0 aromatic carbocycles. The lowest BCUT2D eigenvalue weighted by Crippen LogP contribution is -2.15. The highest BCUT2D eigenvalue weighted by molar-refractivity contribution is 5.94. The lowest BCUT2D eigenvalue weighted by Gasteiger charge is -2.04. The Bertz CT molecular complexity index is 200. The highest BCUT2D eigenvalue weighted by Gasteiger charge is 2.33. The van der Waals surface area contributed by atoms with Gasteiger partial charge in [0, 0.05) is 6.61 Å². The molecule has 1 heterocycles. The number of esters is 2. The fourth-order valence-electron chi connectivity index (χ4n) is 1.12. The molecule has 1 fully saturated rings. The standard InChI is InChI=1S/C9H14O4/c1-2-3-4-12-6-7-5-8(10)13-9(7)11/h7H,2-6H2,1H3. The van der Waals surface area contributed by atoms with Crippen LogP contribution >= 0.6 is 0 Å². The SMILES string of the molecule is CCCCOCC1CC(=O)OC1=O. The number of carbonyl (C=O) groups excluding carboxylic acids is 2. The number of ether oxygens (including phenoxy) is 2. The molecule has 74 valence electrons. The minimum Gasteiger partial charge on any atom is -0.393 e. The van der Waals surface area contributed by atoms with E-state index in [1.807, 2.05) is 0 Å². The molecule has 0 saturated carbocycles. The highest BCUT2D eigenvalue weighted by Crippen LogP contribution is 2.15. The second-order valence-electron chi connectivity index (χ2n) is 3.12. The molecule has 1 aliphatic rings. The second kappa shape index (κ2) is 4.97. The summed E-state index contributed by atoms with van der Waals surface area (Å²) in [4.78, 5) is 21.6. The maximum absolute atomic E-state index is 10.9. The van der Waals surface area contributed by atoms with Crippen LogP contribution < -0.4 is 0 Å². The highest BCUT2D eigenvalue weighted by atomic mass is 16.6. The summed E-state index contributed by atoms with van der Waals surface area (Å²) in [5.41, 5.74) is 0. The lowest BCUT2D eigenvalue weighted by molar-refractivity contribution is -0.153. The zero-order valence-electron chi connectivity index (χ0n) is 7.75. The fraction of sp³-hybridized carbons (Fsp3) is 0.778. The van der Waals surface area contributed by atoms with Crippen molar-refractivity contribution in [1.82, 2.24) is 0 Å². The molecule has 4 nitrogen and oxygen atoms in total. The van der Waals surface area contributed by atoms with Crippen LogP contribution in [-0.4, -0.2) is 25.2 Å². The Hall–Kier alpha value is -0.900. The number of unbranched alkanes of at least 4 members (excludes halogenated alkanes) is 1. The smallest absolute Gasteiger partial charge is 0.319 e. The van der Waals surface area contributed by atoms with Crippen LogP contribution in [-0.2, 0) is 19.1 Å². The minimum atomic E-state index is -0.443. The van der Waals surface area contributed by atoms with Crippen LogP contribution in [0.4, 0.5) is 0 Å². The van der Waals surface area contributed by atoms with Crippen LogP contribution in [0.5, 0.6) is 0 Å². The van der Waals surface area contributed by atoms with Crippen molar-refractivity contribution in [3.63, 3.8) is 0 Å². The van der Waals surface area contributed by atoms with Gasteiger partial charge in [0.15, 0.2) is 0 Å². The van der Waals surface area contributed by atoms with Gasteiger partial charge in [0.05, 0.1) is 18.9 Å². The number of carbonyl (C=O) groups is 2. The van der Waals surface area contributed by atoms with Gasteiger partial charge < -0.3 is 9.47 Å². The number of hydrogen-bond donors (Lipinski definition) is 0. The molecule has 0 amide bonds. The molecule has 0 bridgehead atoms. The molecule has 0 aliphatic carbocycles. The molecule has 4 heteroatoms. The molecule has 13 heavy (non-hydrogen) atoms. The molecule has 1 unspecified atom stereocenters. The summed E-state index contributed by atoms with van der Waals surface area (Å²) in [7, 11) is 0. The normalized spacial score (nSPS) is 22.1. The average molecular weight is 186 g/mol. The molecule has 1 saturated heterocycles. The molecule has 0 aromatic heterocycles. The molecule has 1 aliphatic heterocycles. The van der Waals surface area contributed by atoms with Crippen molar-refractivity contribution in [1.29, 1.82) is 0 Å². The third kappa shape index (κ3) is 3.14.